The normalized spacial score (nSPS) is 11.7. The van der Waals surface area contributed by atoms with Crippen LogP contribution in [0.2, 0.25) is 0 Å². The Morgan fingerprint density at radius 2 is 1.10 bits per heavy atom. The largest absolute Gasteiger partial charge is 0.455 e. The molecular formula is C46H29NOS. The maximum absolute atomic E-state index is 6.65. The maximum atomic E-state index is 6.65. The highest BCUT2D eigenvalue weighted by Crippen LogP contribution is 2.47. The van der Waals surface area contributed by atoms with Crippen molar-refractivity contribution in [2.45, 2.75) is 0 Å². The van der Waals surface area contributed by atoms with Crippen molar-refractivity contribution in [3.8, 4) is 22.3 Å². The van der Waals surface area contributed by atoms with Crippen molar-refractivity contribution in [2.75, 3.05) is 4.90 Å². The van der Waals surface area contributed by atoms with Crippen LogP contribution in [-0.4, -0.2) is 0 Å². The summed E-state index contributed by atoms with van der Waals surface area (Å²) >= 11 is 1.86. The van der Waals surface area contributed by atoms with Gasteiger partial charge in [0.1, 0.15) is 11.2 Å². The average molecular weight is 644 g/mol. The van der Waals surface area contributed by atoms with Crippen LogP contribution in [0, 0.1) is 0 Å². The van der Waals surface area contributed by atoms with Crippen molar-refractivity contribution in [1.29, 1.82) is 0 Å². The molecule has 0 aliphatic heterocycles. The number of anilines is 3. The van der Waals surface area contributed by atoms with E-state index in [0.717, 1.165) is 49.8 Å². The molecule has 0 amide bonds. The highest BCUT2D eigenvalue weighted by atomic mass is 32.1. The summed E-state index contributed by atoms with van der Waals surface area (Å²) in [5, 5.41) is 7.08. The van der Waals surface area contributed by atoms with Crippen molar-refractivity contribution in [1.82, 2.24) is 0 Å². The van der Waals surface area contributed by atoms with Gasteiger partial charge in [0.2, 0.25) is 0 Å². The first-order chi connectivity index (χ1) is 24.3. The Hall–Kier alpha value is -6.16. The van der Waals surface area contributed by atoms with Crippen LogP contribution >= 0.6 is 11.3 Å². The summed E-state index contributed by atoms with van der Waals surface area (Å²) in [6.07, 6.45) is 0. The van der Waals surface area contributed by atoms with Crippen molar-refractivity contribution in [3.63, 3.8) is 0 Å². The van der Waals surface area contributed by atoms with Crippen LogP contribution in [0.1, 0.15) is 0 Å². The molecule has 0 spiro atoms. The summed E-state index contributed by atoms with van der Waals surface area (Å²) in [4.78, 5) is 2.40. The van der Waals surface area contributed by atoms with E-state index in [1.807, 2.05) is 17.4 Å². The lowest BCUT2D eigenvalue weighted by Crippen LogP contribution is -2.10. The Kier molecular flexibility index (Phi) is 6.39. The Bertz CT molecular complexity index is 2830. The fourth-order valence-corrected chi connectivity index (χ4v) is 8.54. The Labute approximate surface area is 287 Å². The first-order valence-electron chi connectivity index (χ1n) is 16.6. The fourth-order valence-electron chi connectivity index (χ4n) is 7.40. The lowest BCUT2D eigenvalue weighted by molar-refractivity contribution is 0.672. The lowest BCUT2D eigenvalue weighted by Gasteiger charge is -2.27. The topological polar surface area (TPSA) is 16.4 Å². The molecule has 0 atom stereocenters. The predicted molar refractivity (Wildman–Crippen MR) is 210 cm³/mol. The molecule has 0 unspecified atom stereocenters. The van der Waals surface area contributed by atoms with Crippen LogP contribution in [0.5, 0.6) is 0 Å². The van der Waals surface area contributed by atoms with Gasteiger partial charge in [-0.1, -0.05) is 127 Å². The highest BCUT2D eigenvalue weighted by Gasteiger charge is 2.22. The van der Waals surface area contributed by atoms with Gasteiger partial charge in [-0.2, -0.15) is 0 Å². The molecule has 2 heterocycles. The van der Waals surface area contributed by atoms with Crippen LogP contribution in [0.4, 0.5) is 17.1 Å². The molecule has 0 saturated carbocycles. The molecule has 0 N–H and O–H groups in total. The molecule has 2 nitrogen and oxygen atoms in total. The minimum atomic E-state index is 0.888. The molecule has 0 aliphatic carbocycles. The van der Waals surface area contributed by atoms with Crippen LogP contribution in [0.3, 0.4) is 0 Å². The number of thiophene rings is 1. The SMILES string of the molecule is c1ccc(-c2ccc(N(c3cccc(-c4cccc5sc6ccccc6c45)c3)c3cc4ccccc4c4oc5ccccc5c34)cc2)cc1. The lowest BCUT2D eigenvalue weighted by atomic mass is 9.98. The second-order valence-corrected chi connectivity index (χ2v) is 13.6. The van der Waals surface area contributed by atoms with Gasteiger partial charge in [0.15, 0.2) is 0 Å². The molecule has 0 saturated heterocycles. The molecular weight excluding hydrogens is 615 g/mol. The molecule has 3 heteroatoms. The number of rotatable bonds is 5. The molecule has 0 aliphatic rings. The van der Waals surface area contributed by atoms with Gasteiger partial charge in [0, 0.05) is 42.3 Å². The summed E-state index contributed by atoms with van der Waals surface area (Å²) in [6.45, 7) is 0. The molecule has 8 aromatic carbocycles. The molecule has 0 fully saturated rings. The third-order valence-electron chi connectivity index (χ3n) is 9.64. The highest BCUT2D eigenvalue weighted by molar-refractivity contribution is 7.25. The number of para-hydroxylation sites is 1. The third kappa shape index (κ3) is 4.55. The van der Waals surface area contributed by atoms with E-state index >= 15 is 0 Å². The van der Waals surface area contributed by atoms with Gasteiger partial charge in [0.05, 0.1) is 11.1 Å². The fraction of sp³-hybridized carbons (Fsp3) is 0. The standard InChI is InChI=1S/C46H29NOS/c1-2-12-30(13-3-1)31-24-26-34(27-25-31)47(40-29-33-14-4-5-17-37(33)46-45(40)38-18-6-8-21-41(38)48-46)35-16-10-15-32(28-35)36-20-11-23-43-44(36)39-19-7-9-22-42(39)49-43/h1-29H. The second kappa shape index (κ2) is 11.2. The van der Waals surface area contributed by atoms with E-state index in [1.165, 1.54) is 42.4 Å². The first-order valence-corrected chi connectivity index (χ1v) is 17.4. The Morgan fingerprint density at radius 1 is 0.429 bits per heavy atom. The van der Waals surface area contributed by atoms with Gasteiger partial charge in [0.25, 0.3) is 0 Å². The number of benzene rings is 8. The van der Waals surface area contributed by atoms with Crippen molar-refractivity contribution in [3.05, 3.63) is 176 Å². The number of hydrogen-bond acceptors (Lipinski definition) is 3. The molecule has 10 aromatic rings. The zero-order valence-corrected chi connectivity index (χ0v) is 27.3. The number of furan rings is 1. The monoisotopic (exact) mass is 643 g/mol. The number of fused-ring (bicyclic) bond motifs is 8. The zero-order valence-electron chi connectivity index (χ0n) is 26.5. The maximum Gasteiger partial charge on any atom is 0.145 e. The van der Waals surface area contributed by atoms with Gasteiger partial charge in [-0.15, -0.1) is 11.3 Å². The van der Waals surface area contributed by atoms with Crippen molar-refractivity contribution < 1.29 is 4.42 Å². The summed E-state index contributed by atoms with van der Waals surface area (Å²) in [5.41, 5.74) is 9.87. The summed E-state index contributed by atoms with van der Waals surface area (Å²) in [7, 11) is 0. The Morgan fingerprint density at radius 3 is 1.98 bits per heavy atom. The van der Waals surface area contributed by atoms with E-state index in [9.17, 15) is 0 Å². The van der Waals surface area contributed by atoms with Crippen LogP contribution in [-0.2, 0) is 0 Å². The number of hydrogen-bond donors (Lipinski definition) is 0. The van der Waals surface area contributed by atoms with Gasteiger partial charge in [-0.3, -0.25) is 0 Å². The second-order valence-electron chi connectivity index (χ2n) is 12.5. The minimum absolute atomic E-state index is 0.888. The predicted octanol–water partition coefficient (Wildman–Crippen LogP) is 13.9. The van der Waals surface area contributed by atoms with Gasteiger partial charge < -0.3 is 9.32 Å². The smallest absolute Gasteiger partial charge is 0.145 e. The summed E-state index contributed by atoms with van der Waals surface area (Å²) < 4.78 is 9.27. The first kappa shape index (κ1) is 27.9. The Balaban J connectivity index is 1.24. The molecule has 230 valence electrons. The van der Waals surface area contributed by atoms with E-state index in [1.54, 1.807) is 0 Å². The average Bonchev–Trinajstić information content (AvgIpc) is 3.75. The van der Waals surface area contributed by atoms with E-state index in [4.69, 9.17) is 4.42 Å². The van der Waals surface area contributed by atoms with E-state index in [-0.39, 0.29) is 0 Å². The van der Waals surface area contributed by atoms with Crippen LogP contribution in [0.25, 0.3) is 75.1 Å². The van der Waals surface area contributed by atoms with Crippen LogP contribution in [0.15, 0.2) is 180 Å². The van der Waals surface area contributed by atoms with Crippen LogP contribution < -0.4 is 4.90 Å². The van der Waals surface area contributed by atoms with Crippen molar-refractivity contribution in [2.24, 2.45) is 0 Å². The zero-order chi connectivity index (χ0) is 32.3. The molecule has 2 aromatic heterocycles. The molecule has 49 heavy (non-hydrogen) atoms. The van der Waals surface area contributed by atoms with E-state index < -0.39 is 0 Å². The minimum Gasteiger partial charge on any atom is -0.455 e. The van der Waals surface area contributed by atoms with Crippen molar-refractivity contribution >= 4 is 81.3 Å². The quantitative estimate of drug-likeness (QED) is 0.186. The summed E-state index contributed by atoms with van der Waals surface area (Å²) in [5.74, 6) is 0. The van der Waals surface area contributed by atoms with Gasteiger partial charge in [-0.25, -0.2) is 0 Å². The van der Waals surface area contributed by atoms with E-state index in [0.29, 0.717) is 0 Å². The van der Waals surface area contributed by atoms with Gasteiger partial charge >= 0.3 is 0 Å². The van der Waals surface area contributed by atoms with Gasteiger partial charge in [-0.05, 0) is 76.2 Å². The summed E-state index contributed by atoms with van der Waals surface area (Å²) in [6, 6.07) is 63.2. The molecule has 0 radical (unpaired) electrons. The molecule has 10 rings (SSSR count). The third-order valence-corrected chi connectivity index (χ3v) is 10.8. The number of nitrogens with zero attached hydrogens (tertiary/aromatic N) is 1. The van der Waals surface area contributed by atoms with E-state index in [2.05, 4.69) is 175 Å². The molecule has 0 bridgehead atoms.